The molecule has 1 N–H and O–H groups in total. The van der Waals surface area contributed by atoms with E-state index >= 15 is 0 Å². The highest BCUT2D eigenvalue weighted by Crippen LogP contribution is 2.30. The number of likely N-dealkylation sites (N-methyl/N-ethyl adjacent to an activating group) is 1. The van der Waals surface area contributed by atoms with E-state index in [0.29, 0.717) is 13.1 Å². The van der Waals surface area contributed by atoms with E-state index in [4.69, 9.17) is 0 Å². The zero-order valence-electron chi connectivity index (χ0n) is 21.1. The predicted molar refractivity (Wildman–Crippen MR) is 150 cm³/mol. The summed E-state index contributed by atoms with van der Waals surface area (Å²) in [6.45, 7) is 5.86. The molecular weight excluding hydrogens is 537 g/mol. The van der Waals surface area contributed by atoms with Crippen molar-refractivity contribution in [2.75, 3.05) is 56.5 Å². The number of hydrogen-bond acceptors (Lipinski definition) is 7. The largest absolute Gasteiger partial charge is 0.367 e. The van der Waals surface area contributed by atoms with Crippen LogP contribution >= 0.6 is 24.8 Å². The van der Waals surface area contributed by atoms with Crippen molar-refractivity contribution < 1.29 is 13.2 Å². The van der Waals surface area contributed by atoms with E-state index in [9.17, 15) is 13.2 Å². The Balaban J connectivity index is 0.00000241. The van der Waals surface area contributed by atoms with Gasteiger partial charge in [-0.25, -0.2) is 8.42 Å². The fourth-order valence-corrected chi connectivity index (χ4v) is 5.26. The average molecular weight is 571 g/mol. The van der Waals surface area contributed by atoms with Crippen LogP contribution in [0.5, 0.6) is 0 Å². The van der Waals surface area contributed by atoms with Gasteiger partial charge in [-0.3, -0.25) is 19.4 Å². The van der Waals surface area contributed by atoms with Crippen LogP contribution in [0.2, 0.25) is 0 Å². The van der Waals surface area contributed by atoms with E-state index in [2.05, 4.69) is 31.3 Å². The summed E-state index contributed by atoms with van der Waals surface area (Å²) in [6, 6.07) is 11.7. The van der Waals surface area contributed by atoms with Crippen LogP contribution in [0.25, 0.3) is 11.3 Å². The predicted octanol–water partition coefficient (Wildman–Crippen LogP) is 2.73. The van der Waals surface area contributed by atoms with Gasteiger partial charge in [0.25, 0.3) is 0 Å². The number of carbonyl (C=O) groups is 1. The number of piperazine rings is 1. The first-order valence-corrected chi connectivity index (χ1v) is 12.9. The maximum Gasteiger partial charge on any atom is 0.245 e. The second-order valence-corrected chi connectivity index (χ2v) is 10.7. The van der Waals surface area contributed by atoms with Crippen LogP contribution in [0.3, 0.4) is 0 Å². The van der Waals surface area contributed by atoms with Crippen LogP contribution in [0.1, 0.15) is 6.92 Å². The molecule has 4 rings (SSSR count). The molecule has 0 saturated carbocycles. The van der Waals surface area contributed by atoms with Crippen molar-refractivity contribution in [2.24, 2.45) is 7.05 Å². The SMILES string of the molecule is CC(=O)Nc1ccc(-c2ncccc2N2CCN(CCN(C)S(=O)(=O)c3cnn(C)c3)CC2)cc1.Cl.Cl. The van der Waals surface area contributed by atoms with Crippen LogP contribution in [-0.2, 0) is 21.9 Å². The highest BCUT2D eigenvalue weighted by molar-refractivity contribution is 7.89. The maximum atomic E-state index is 12.7. The zero-order chi connectivity index (χ0) is 25.0. The van der Waals surface area contributed by atoms with Gasteiger partial charge in [0.15, 0.2) is 0 Å². The Morgan fingerprint density at radius 3 is 2.35 bits per heavy atom. The highest BCUT2D eigenvalue weighted by Gasteiger charge is 2.25. The number of rotatable bonds is 8. The molecule has 0 spiro atoms. The second kappa shape index (κ2) is 13.2. The van der Waals surface area contributed by atoms with Gasteiger partial charge in [-0.1, -0.05) is 12.1 Å². The van der Waals surface area contributed by atoms with Crippen molar-refractivity contribution in [3.63, 3.8) is 0 Å². The molecule has 1 amide bonds. The van der Waals surface area contributed by atoms with Crippen LogP contribution in [0.15, 0.2) is 59.9 Å². The van der Waals surface area contributed by atoms with Crippen molar-refractivity contribution in [2.45, 2.75) is 11.8 Å². The molecule has 1 saturated heterocycles. The first-order valence-electron chi connectivity index (χ1n) is 11.5. The van der Waals surface area contributed by atoms with E-state index in [1.54, 1.807) is 20.3 Å². The Morgan fingerprint density at radius 1 is 1.08 bits per heavy atom. The summed E-state index contributed by atoms with van der Waals surface area (Å²) in [5, 5.41) is 6.76. The Hall–Kier alpha value is -2.70. The number of aromatic nitrogens is 3. The lowest BCUT2D eigenvalue weighted by molar-refractivity contribution is -0.114. The van der Waals surface area contributed by atoms with Gasteiger partial charge in [-0.05, 0) is 24.3 Å². The molecule has 3 heterocycles. The lowest BCUT2D eigenvalue weighted by atomic mass is 10.1. The monoisotopic (exact) mass is 569 g/mol. The fourth-order valence-electron chi connectivity index (χ4n) is 4.12. The molecule has 0 unspecified atom stereocenters. The summed E-state index contributed by atoms with van der Waals surface area (Å²) >= 11 is 0. The minimum Gasteiger partial charge on any atom is -0.367 e. The summed E-state index contributed by atoms with van der Waals surface area (Å²) in [5.41, 5.74) is 3.70. The number of nitrogens with one attached hydrogen (secondary N) is 1. The van der Waals surface area contributed by atoms with Crippen molar-refractivity contribution in [3.8, 4) is 11.3 Å². The lowest BCUT2D eigenvalue weighted by Crippen LogP contribution is -2.48. The van der Waals surface area contributed by atoms with Gasteiger partial charge in [0.05, 0.1) is 17.6 Å². The third-order valence-electron chi connectivity index (χ3n) is 6.10. The van der Waals surface area contributed by atoms with Gasteiger partial charge in [-0.15, -0.1) is 24.8 Å². The maximum absolute atomic E-state index is 12.7. The van der Waals surface area contributed by atoms with Crippen LogP contribution < -0.4 is 10.2 Å². The van der Waals surface area contributed by atoms with Gasteiger partial charge < -0.3 is 10.2 Å². The van der Waals surface area contributed by atoms with Gasteiger partial charge in [0, 0.05) is 83.9 Å². The number of sulfonamides is 1. The van der Waals surface area contributed by atoms with E-state index in [1.165, 1.54) is 28.3 Å². The number of carbonyl (C=O) groups excluding carboxylic acids is 1. The van der Waals surface area contributed by atoms with Crippen molar-refractivity contribution in [1.82, 2.24) is 24.0 Å². The third-order valence-corrected chi connectivity index (χ3v) is 7.91. The minimum absolute atomic E-state index is 0. The number of nitrogens with zero attached hydrogens (tertiary/aromatic N) is 6. The summed E-state index contributed by atoms with van der Waals surface area (Å²) in [5.74, 6) is -0.102. The third kappa shape index (κ3) is 7.42. The Labute approximate surface area is 230 Å². The molecule has 0 radical (unpaired) electrons. The smallest absolute Gasteiger partial charge is 0.245 e. The number of pyridine rings is 1. The van der Waals surface area contributed by atoms with E-state index in [-0.39, 0.29) is 35.6 Å². The van der Waals surface area contributed by atoms with Crippen molar-refractivity contribution in [3.05, 3.63) is 55.0 Å². The van der Waals surface area contributed by atoms with Crippen molar-refractivity contribution >= 4 is 52.1 Å². The summed E-state index contributed by atoms with van der Waals surface area (Å²) < 4.78 is 28.3. The number of hydrogen-bond donors (Lipinski definition) is 1. The molecule has 37 heavy (non-hydrogen) atoms. The van der Waals surface area contributed by atoms with Crippen LogP contribution in [-0.4, -0.2) is 84.6 Å². The molecule has 3 aromatic rings. The molecule has 2 aromatic heterocycles. The molecule has 0 aliphatic carbocycles. The highest BCUT2D eigenvalue weighted by atomic mass is 35.5. The molecular formula is C24H33Cl2N7O3S. The minimum atomic E-state index is -3.54. The molecule has 0 atom stereocenters. The Kier molecular flexibility index (Phi) is 10.9. The summed E-state index contributed by atoms with van der Waals surface area (Å²) in [4.78, 5) is 20.7. The number of anilines is 2. The number of aryl methyl sites for hydroxylation is 1. The van der Waals surface area contributed by atoms with Gasteiger partial charge in [0.1, 0.15) is 4.90 Å². The molecule has 202 valence electrons. The number of amides is 1. The molecule has 1 aliphatic heterocycles. The Bertz CT molecular complexity index is 1280. The van der Waals surface area contributed by atoms with E-state index in [0.717, 1.165) is 48.8 Å². The van der Waals surface area contributed by atoms with Gasteiger partial charge >= 0.3 is 0 Å². The van der Waals surface area contributed by atoms with Crippen LogP contribution in [0.4, 0.5) is 11.4 Å². The van der Waals surface area contributed by atoms with Crippen molar-refractivity contribution in [1.29, 1.82) is 0 Å². The zero-order valence-corrected chi connectivity index (χ0v) is 23.5. The lowest BCUT2D eigenvalue weighted by Gasteiger charge is -2.37. The molecule has 0 bridgehead atoms. The van der Waals surface area contributed by atoms with Gasteiger partial charge in [-0.2, -0.15) is 9.40 Å². The average Bonchev–Trinajstić information content (AvgIpc) is 3.30. The molecule has 13 heteroatoms. The van der Waals surface area contributed by atoms with Crippen LogP contribution in [0, 0.1) is 0 Å². The normalized spacial score (nSPS) is 14.1. The quantitative estimate of drug-likeness (QED) is 0.444. The molecule has 10 nitrogen and oxygen atoms in total. The number of benzene rings is 1. The standard InChI is InChI=1S/C24H31N7O3S.2ClH/c1-19(32)27-21-8-6-20(7-9-21)24-23(5-4-10-25-24)31-15-13-30(14-16-31)12-11-29(3)35(33,34)22-17-26-28(2)18-22;;/h4-10,17-18H,11-16H2,1-3H3,(H,27,32);2*1H. The van der Waals surface area contributed by atoms with E-state index < -0.39 is 10.0 Å². The first-order chi connectivity index (χ1) is 16.7. The van der Waals surface area contributed by atoms with Gasteiger partial charge in [0.2, 0.25) is 15.9 Å². The first kappa shape index (κ1) is 30.5. The fraction of sp³-hybridized carbons (Fsp3) is 0.375. The molecule has 1 aliphatic rings. The molecule has 1 fully saturated rings. The molecule has 1 aromatic carbocycles. The Morgan fingerprint density at radius 2 is 1.76 bits per heavy atom. The summed E-state index contributed by atoms with van der Waals surface area (Å²) in [6.07, 6.45) is 4.68. The summed E-state index contributed by atoms with van der Waals surface area (Å²) in [7, 11) is -0.227. The topological polar surface area (TPSA) is 104 Å². The second-order valence-electron chi connectivity index (χ2n) is 8.63. The number of halogens is 2. The van der Waals surface area contributed by atoms with E-state index in [1.807, 2.05) is 30.3 Å².